The van der Waals surface area contributed by atoms with E-state index < -0.39 is 5.78 Å². The van der Waals surface area contributed by atoms with Gasteiger partial charge in [0.1, 0.15) is 11.4 Å². The van der Waals surface area contributed by atoms with Gasteiger partial charge in [0.15, 0.2) is 0 Å². The van der Waals surface area contributed by atoms with Gasteiger partial charge in [0.25, 0.3) is 0 Å². The van der Waals surface area contributed by atoms with Crippen LogP contribution >= 0.6 is 0 Å². The monoisotopic (exact) mass is 142 g/mol. The molecule has 0 radical (unpaired) electrons. The summed E-state index contributed by atoms with van der Waals surface area (Å²) < 4.78 is 0. The van der Waals surface area contributed by atoms with Crippen molar-refractivity contribution in [3.63, 3.8) is 0 Å². The maximum absolute atomic E-state index is 10.8. The molecule has 5 nitrogen and oxygen atoms in total. The van der Waals surface area contributed by atoms with Gasteiger partial charge in [-0.1, -0.05) is 10.3 Å². The van der Waals surface area contributed by atoms with Gasteiger partial charge in [0.2, 0.25) is 5.78 Å². The van der Waals surface area contributed by atoms with E-state index in [1.165, 1.54) is 0 Å². The fraction of sp³-hybridized carbons (Fsp3) is 0.400. The maximum atomic E-state index is 10.8. The fourth-order valence-electron chi connectivity index (χ4n) is 0.821. The summed E-state index contributed by atoms with van der Waals surface area (Å²) in [6.07, 6.45) is 0.712. The Kier molecular flexibility index (Phi) is 1.66. The fourth-order valence-corrected chi connectivity index (χ4v) is 0.821. The Balaban J connectivity index is 2.88. The van der Waals surface area contributed by atoms with E-state index >= 15 is 0 Å². The molecule has 0 aliphatic heterocycles. The Hall–Kier alpha value is -1.39. The van der Waals surface area contributed by atoms with Gasteiger partial charge in [-0.3, -0.25) is 4.79 Å². The molecule has 1 aliphatic carbocycles. The molecule has 0 amide bonds. The number of rotatable bonds is 0. The first-order valence-corrected chi connectivity index (χ1v) is 2.76. The minimum atomic E-state index is -0.468. The molecular formula is C5H6N2O3. The van der Waals surface area contributed by atoms with Crippen LogP contribution in [0.15, 0.2) is 10.3 Å². The average Bonchev–Trinajstić information content (AvgIpc) is 2.30. The third-order valence-electron chi connectivity index (χ3n) is 1.36. The average molecular weight is 142 g/mol. The number of oxime groups is 2. The van der Waals surface area contributed by atoms with E-state index in [-0.39, 0.29) is 11.4 Å². The smallest absolute Gasteiger partial charge is 0.228 e. The lowest BCUT2D eigenvalue weighted by Gasteiger charge is -1.84. The van der Waals surface area contributed by atoms with Crippen LogP contribution in [0, 0.1) is 0 Å². The highest BCUT2D eigenvalue weighted by Gasteiger charge is 2.27. The molecule has 1 rings (SSSR count). The van der Waals surface area contributed by atoms with Crippen LogP contribution in [-0.4, -0.2) is 27.6 Å². The number of nitrogens with zero attached hydrogens (tertiary/aromatic N) is 2. The van der Waals surface area contributed by atoms with Gasteiger partial charge in [0.05, 0.1) is 0 Å². The predicted molar refractivity (Wildman–Crippen MR) is 32.7 cm³/mol. The molecule has 0 aromatic carbocycles. The molecule has 10 heavy (non-hydrogen) atoms. The molecule has 1 aliphatic rings. The summed E-state index contributed by atoms with van der Waals surface area (Å²) in [5.74, 6) is -0.468. The van der Waals surface area contributed by atoms with Gasteiger partial charge < -0.3 is 10.4 Å². The lowest BCUT2D eigenvalue weighted by molar-refractivity contribution is -0.107. The molecule has 0 saturated heterocycles. The minimum Gasteiger partial charge on any atom is -0.411 e. The van der Waals surface area contributed by atoms with Gasteiger partial charge in [-0.05, 0) is 0 Å². The Labute approximate surface area is 56.6 Å². The summed E-state index contributed by atoms with van der Waals surface area (Å²) in [6.45, 7) is 0. The highest BCUT2D eigenvalue weighted by Crippen LogP contribution is 2.08. The molecule has 0 aromatic heterocycles. The Morgan fingerprint density at radius 1 is 1.10 bits per heavy atom. The minimum absolute atomic E-state index is 0.0628. The number of ketones is 1. The largest absolute Gasteiger partial charge is 0.411 e. The maximum Gasteiger partial charge on any atom is 0.228 e. The number of carbonyl (C=O) groups is 1. The number of Topliss-reactive ketones (excluding diaryl/α,β-unsaturated/α-hetero) is 1. The summed E-state index contributed by atoms with van der Waals surface area (Å²) in [6, 6.07) is 0. The summed E-state index contributed by atoms with van der Waals surface area (Å²) in [5, 5.41) is 21.8. The van der Waals surface area contributed by atoms with Crippen molar-refractivity contribution >= 4 is 17.2 Å². The molecule has 54 valence electrons. The third kappa shape index (κ3) is 0.854. The highest BCUT2D eigenvalue weighted by molar-refractivity contribution is 6.69. The summed E-state index contributed by atoms with van der Waals surface area (Å²) >= 11 is 0. The zero-order valence-corrected chi connectivity index (χ0v) is 5.11. The molecule has 0 heterocycles. The van der Waals surface area contributed by atoms with E-state index in [4.69, 9.17) is 10.4 Å². The second-order valence-corrected chi connectivity index (χ2v) is 1.92. The van der Waals surface area contributed by atoms with E-state index in [1.807, 2.05) is 0 Å². The molecule has 1 fully saturated rings. The van der Waals surface area contributed by atoms with Crippen LogP contribution in [0.2, 0.25) is 0 Å². The molecule has 2 N–H and O–H groups in total. The van der Waals surface area contributed by atoms with Crippen LogP contribution in [0.5, 0.6) is 0 Å². The van der Waals surface area contributed by atoms with Crippen molar-refractivity contribution < 1.29 is 15.2 Å². The number of hydrogen-bond acceptors (Lipinski definition) is 5. The standard InChI is InChI=1S/C5H6N2O3/c8-5-3(6-9)1-2-4(5)7-10/h9-10H,1-2H2/b6-3+,7-4+. The molecule has 1 saturated carbocycles. The lowest BCUT2D eigenvalue weighted by atomic mass is 10.3. The van der Waals surface area contributed by atoms with E-state index in [0.717, 1.165) is 0 Å². The molecule has 0 atom stereocenters. The number of hydrogen-bond donors (Lipinski definition) is 2. The summed E-state index contributed by atoms with van der Waals surface area (Å²) in [7, 11) is 0. The predicted octanol–water partition coefficient (Wildman–Crippen LogP) is 0.00970. The zero-order valence-electron chi connectivity index (χ0n) is 5.11. The van der Waals surface area contributed by atoms with Crippen LogP contribution in [0.25, 0.3) is 0 Å². The quantitative estimate of drug-likeness (QED) is 0.369. The van der Waals surface area contributed by atoms with Crippen LogP contribution in [0.1, 0.15) is 12.8 Å². The molecule has 0 bridgehead atoms. The second kappa shape index (κ2) is 2.47. The van der Waals surface area contributed by atoms with Crippen LogP contribution in [0.3, 0.4) is 0 Å². The highest BCUT2D eigenvalue weighted by atomic mass is 16.4. The summed E-state index contributed by atoms with van der Waals surface area (Å²) in [4.78, 5) is 10.8. The van der Waals surface area contributed by atoms with Crippen LogP contribution in [0.4, 0.5) is 0 Å². The van der Waals surface area contributed by atoms with Crippen molar-refractivity contribution in [2.75, 3.05) is 0 Å². The van der Waals surface area contributed by atoms with Gasteiger partial charge in [-0.2, -0.15) is 0 Å². The van der Waals surface area contributed by atoms with Crippen molar-refractivity contribution in [1.82, 2.24) is 0 Å². The van der Waals surface area contributed by atoms with Gasteiger partial charge >= 0.3 is 0 Å². The molecular weight excluding hydrogens is 136 g/mol. The third-order valence-corrected chi connectivity index (χ3v) is 1.36. The van der Waals surface area contributed by atoms with Crippen LogP contribution in [-0.2, 0) is 4.79 Å². The lowest BCUT2D eigenvalue weighted by Crippen LogP contribution is -2.12. The zero-order chi connectivity index (χ0) is 7.56. The molecule has 0 aromatic rings. The second-order valence-electron chi connectivity index (χ2n) is 1.92. The SMILES string of the molecule is O=C1/C(=N/O)CC/C1=N\O. The first-order chi connectivity index (χ1) is 4.79. The van der Waals surface area contributed by atoms with Crippen molar-refractivity contribution in [2.45, 2.75) is 12.8 Å². The van der Waals surface area contributed by atoms with Gasteiger partial charge in [-0.25, -0.2) is 0 Å². The topological polar surface area (TPSA) is 82.2 Å². The van der Waals surface area contributed by atoms with Crippen molar-refractivity contribution in [1.29, 1.82) is 0 Å². The molecule has 0 spiro atoms. The Morgan fingerprint density at radius 2 is 1.50 bits per heavy atom. The Morgan fingerprint density at radius 3 is 1.70 bits per heavy atom. The molecule has 0 unspecified atom stereocenters. The normalized spacial score (nSPS) is 26.6. The molecule has 5 heteroatoms. The first-order valence-electron chi connectivity index (χ1n) is 2.76. The van der Waals surface area contributed by atoms with Crippen molar-refractivity contribution in [3.05, 3.63) is 0 Å². The first kappa shape index (κ1) is 6.73. The van der Waals surface area contributed by atoms with E-state index in [0.29, 0.717) is 12.8 Å². The Bertz CT molecular complexity index is 197. The van der Waals surface area contributed by atoms with Crippen molar-refractivity contribution in [2.24, 2.45) is 10.3 Å². The van der Waals surface area contributed by atoms with E-state index in [2.05, 4.69) is 10.3 Å². The van der Waals surface area contributed by atoms with E-state index in [1.54, 1.807) is 0 Å². The van der Waals surface area contributed by atoms with E-state index in [9.17, 15) is 4.79 Å². The van der Waals surface area contributed by atoms with Gasteiger partial charge in [-0.15, -0.1) is 0 Å². The number of carbonyl (C=O) groups excluding carboxylic acids is 1. The van der Waals surface area contributed by atoms with Crippen LogP contribution < -0.4 is 0 Å². The van der Waals surface area contributed by atoms with Gasteiger partial charge in [0, 0.05) is 12.8 Å². The summed E-state index contributed by atoms with van der Waals surface area (Å²) in [5.41, 5.74) is 0.126. The van der Waals surface area contributed by atoms with Crippen molar-refractivity contribution in [3.8, 4) is 0 Å².